The van der Waals surface area contributed by atoms with Gasteiger partial charge in [0.05, 0.1) is 6.20 Å². The zero-order valence-electron chi connectivity index (χ0n) is 8.37. The maximum Gasteiger partial charge on any atom is 0.320 e. The molecule has 1 rings (SSSR count). The molecule has 0 fully saturated rings. The van der Waals surface area contributed by atoms with Crippen LogP contribution in [0.2, 0.25) is 0 Å². The molecule has 0 aromatic carbocycles. The molecule has 0 amide bonds. The minimum atomic E-state index is -0.933. The molecule has 0 radical (unpaired) electrons. The van der Waals surface area contributed by atoms with Crippen molar-refractivity contribution in [3.05, 3.63) is 12.5 Å². The summed E-state index contributed by atoms with van der Waals surface area (Å²) in [6.07, 6.45) is 5.04. The second kappa shape index (κ2) is 9.10. The summed E-state index contributed by atoms with van der Waals surface area (Å²) in [5.41, 5.74) is 10.4. The topological polar surface area (TPSA) is 128 Å². The largest absolute Gasteiger partial charge is 0.480 e. The highest BCUT2D eigenvalue weighted by atomic mass is 16.5. The molecule has 0 aliphatic carbocycles. The average Bonchev–Trinajstić information content (AvgIpc) is 2.75. The predicted octanol–water partition coefficient (Wildman–Crippen LogP) is -0.403. The van der Waals surface area contributed by atoms with E-state index in [-0.39, 0.29) is 0 Å². The quantitative estimate of drug-likeness (QED) is 0.571. The van der Waals surface area contributed by atoms with Crippen molar-refractivity contribution in [3.8, 4) is 0 Å². The van der Waals surface area contributed by atoms with Crippen molar-refractivity contribution in [2.75, 3.05) is 6.54 Å². The summed E-state index contributed by atoms with van der Waals surface area (Å²) < 4.78 is 4.22. The van der Waals surface area contributed by atoms with Gasteiger partial charge in [0.2, 0.25) is 0 Å². The number of hydrogen-bond acceptors (Lipinski definition) is 6. The van der Waals surface area contributed by atoms with E-state index in [4.69, 9.17) is 16.6 Å². The van der Waals surface area contributed by atoms with Gasteiger partial charge in [-0.15, -0.1) is 5.10 Å². The second-order valence-corrected chi connectivity index (χ2v) is 2.82. The summed E-state index contributed by atoms with van der Waals surface area (Å²) in [7, 11) is 0. The lowest BCUT2D eigenvalue weighted by atomic mass is 10.1. The van der Waals surface area contributed by atoms with Gasteiger partial charge < -0.3 is 21.1 Å². The molecule has 7 heteroatoms. The molecule has 5 N–H and O–H groups in total. The zero-order chi connectivity index (χ0) is 11.5. The molecule has 7 nitrogen and oxygen atoms in total. The highest BCUT2D eigenvalue weighted by Crippen LogP contribution is 1.96. The fraction of sp³-hybridized carbons (Fsp3) is 0.625. The Kier molecular flexibility index (Phi) is 8.21. The zero-order valence-corrected chi connectivity index (χ0v) is 8.37. The van der Waals surface area contributed by atoms with Crippen LogP contribution in [0.3, 0.4) is 0 Å². The van der Waals surface area contributed by atoms with E-state index in [0.29, 0.717) is 13.0 Å². The van der Waals surface area contributed by atoms with Crippen LogP contribution in [-0.2, 0) is 4.79 Å². The van der Waals surface area contributed by atoms with Crippen LogP contribution in [0.1, 0.15) is 19.3 Å². The Labute approximate surface area is 87.4 Å². The Bertz CT molecular complexity index is 223. The van der Waals surface area contributed by atoms with Gasteiger partial charge in [-0.2, -0.15) is 0 Å². The van der Waals surface area contributed by atoms with E-state index in [1.807, 2.05) is 0 Å². The number of aromatic nitrogens is 2. The van der Waals surface area contributed by atoms with Gasteiger partial charge in [-0.05, 0) is 19.4 Å². The van der Waals surface area contributed by atoms with Crippen LogP contribution < -0.4 is 11.5 Å². The van der Waals surface area contributed by atoms with Crippen LogP contribution in [0.25, 0.3) is 0 Å². The average molecular weight is 216 g/mol. The SMILES string of the molecule is NCCCCC(N)C(=O)O.c1conn1. The third-order valence-corrected chi connectivity index (χ3v) is 1.57. The Morgan fingerprint density at radius 1 is 1.53 bits per heavy atom. The summed E-state index contributed by atoms with van der Waals surface area (Å²) in [6.45, 7) is 0.604. The smallest absolute Gasteiger partial charge is 0.320 e. The maximum atomic E-state index is 10.1. The first-order valence-electron chi connectivity index (χ1n) is 4.58. The minimum absolute atomic E-state index is 0.520. The lowest BCUT2D eigenvalue weighted by Crippen LogP contribution is -2.29. The third kappa shape index (κ3) is 8.85. The predicted molar refractivity (Wildman–Crippen MR) is 52.8 cm³/mol. The first kappa shape index (κ1) is 13.5. The van der Waals surface area contributed by atoms with E-state index in [0.717, 1.165) is 12.8 Å². The van der Waals surface area contributed by atoms with Crippen molar-refractivity contribution >= 4 is 5.97 Å². The number of nitrogens with two attached hydrogens (primary N) is 2. The summed E-state index contributed by atoms with van der Waals surface area (Å²) in [5, 5.41) is 14.7. The molecule has 0 saturated carbocycles. The van der Waals surface area contributed by atoms with Crippen LogP contribution in [-0.4, -0.2) is 34.0 Å². The van der Waals surface area contributed by atoms with E-state index in [2.05, 4.69) is 14.9 Å². The monoisotopic (exact) mass is 216 g/mol. The normalized spacial score (nSPS) is 11.3. The van der Waals surface area contributed by atoms with Gasteiger partial charge in [0.25, 0.3) is 0 Å². The van der Waals surface area contributed by atoms with Crippen LogP contribution in [0.4, 0.5) is 0 Å². The van der Waals surface area contributed by atoms with E-state index < -0.39 is 12.0 Å². The number of carboxylic acid groups (broad SMARTS) is 1. The summed E-state index contributed by atoms with van der Waals surface area (Å²) in [6, 6.07) is -0.716. The Morgan fingerprint density at radius 2 is 2.27 bits per heavy atom. The number of nitrogens with zero attached hydrogens (tertiary/aromatic N) is 2. The Balaban J connectivity index is 0.000000322. The number of hydrogen-bond donors (Lipinski definition) is 3. The molecule has 86 valence electrons. The maximum absolute atomic E-state index is 10.1. The molecule has 0 bridgehead atoms. The standard InChI is InChI=1S/C6H14N2O2.C2H2N2O/c7-4-2-1-3-5(8)6(9)10;1-2-5-4-3-1/h5H,1-4,7-8H2,(H,9,10);1-2H. The van der Waals surface area contributed by atoms with Crippen molar-refractivity contribution in [1.29, 1.82) is 0 Å². The van der Waals surface area contributed by atoms with Gasteiger partial charge in [0.1, 0.15) is 12.3 Å². The fourth-order valence-corrected chi connectivity index (χ4v) is 0.768. The lowest BCUT2D eigenvalue weighted by Gasteiger charge is -2.03. The fourth-order valence-electron chi connectivity index (χ4n) is 0.768. The van der Waals surface area contributed by atoms with Gasteiger partial charge >= 0.3 is 5.97 Å². The van der Waals surface area contributed by atoms with Gasteiger partial charge in [-0.3, -0.25) is 4.79 Å². The number of unbranched alkanes of at least 4 members (excludes halogenated alkanes) is 1. The first-order chi connectivity index (χ1) is 7.18. The molecule has 0 spiro atoms. The molecule has 1 atom stereocenters. The lowest BCUT2D eigenvalue weighted by molar-refractivity contribution is -0.138. The van der Waals surface area contributed by atoms with E-state index in [9.17, 15) is 4.79 Å². The molecule has 1 heterocycles. The summed E-state index contributed by atoms with van der Waals surface area (Å²) in [5.74, 6) is -0.933. The van der Waals surface area contributed by atoms with Crippen LogP contribution in [0.15, 0.2) is 17.0 Å². The molecule has 0 saturated heterocycles. The van der Waals surface area contributed by atoms with E-state index in [1.54, 1.807) is 0 Å². The summed E-state index contributed by atoms with van der Waals surface area (Å²) >= 11 is 0. The van der Waals surface area contributed by atoms with Crippen molar-refractivity contribution in [1.82, 2.24) is 10.4 Å². The van der Waals surface area contributed by atoms with E-state index >= 15 is 0 Å². The third-order valence-electron chi connectivity index (χ3n) is 1.57. The molecule has 1 unspecified atom stereocenters. The molecule has 0 aliphatic heterocycles. The molecule has 1 aromatic rings. The number of aliphatic carboxylic acids is 1. The van der Waals surface area contributed by atoms with Crippen molar-refractivity contribution < 1.29 is 14.4 Å². The van der Waals surface area contributed by atoms with Crippen LogP contribution in [0, 0.1) is 0 Å². The Hall–Kier alpha value is -1.47. The van der Waals surface area contributed by atoms with E-state index in [1.165, 1.54) is 12.5 Å². The van der Waals surface area contributed by atoms with Crippen molar-refractivity contribution in [2.24, 2.45) is 11.5 Å². The van der Waals surface area contributed by atoms with Gasteiger partial charge in [0, 0.05) is 5.27 Å². The summed E-state index contributed by atoms with van der Waals surface area (Å²) in [4.78, 5) is 10.1. The number of carboxylic acids is 1. The number of rotatable bonds is 5. The van der Waals surface area contributed by atoms with Gasteiger partial charge in [-0.1, -0.05) is 6.42 Å². The second-order valence-electron chi connectivity index (χ2n) is 2.82. The molecule has 15 heavy (non-hydrogen) atoms. The van der Waals surface area contributed by atoms with Crippen molar-refractivity contribution in [3.63, 3.8) is 0 Å². The van der Waals surface area contributed by atoms with Crippen LogP contribution in [0.5, 0.6) is 0 Å². The first-order valence-corrected chi connectivity index (χ1v) is 4.58. The molecular weight excluding hydrogens is 200 g/mol. The number of carbonyl (C=O) groups is 1. The molecule has 0 aliphatic rings. The highest BCUT2D eigenvalue weighted by Gasteiger charge is 2.09. The molecule has 1 aromatic heterocycles. The van der Waals surface area contributed by atoms with Gasteiger partial charge in [0.15, 0.2) is 0 Å². The Morgan fingerprint density at radius 3 is 2.60 bits per heavy atom. The van der Waals surface area contributed by atoms with Gasteiger partial charge in [-0.25, -0.2) is 0 Å². The van der Waals surface area contributed by atoms with Crippen molar-refractivity contribution in [2.45, 2.75) is 25.3 Å². The van der Waals surface area contributed by atoms with Crippen LogP contribution >= 0.6 is 0 Å². The highest BCUT2D eigenvalue weighted by molar-refractivity contribution is 5.72. The minimum Gasteiger partial charge on any atom is -0.480 e. The molecular formula is C8H16N4O3.